The molecule has 25 N–H and O–H groups in total. The number of para-hydroxylation sites is 2. The van der Waals surface area contributed by atoms with Gasteiger partial charge in [0.2, 0.25) is 88.6 Å². The van der Waals surface area contributed by atoms with Crippen LogP contribution >= 0.6 is 23.5 Å². The molecule has 680 valence electrons. The number of aromatic amines is 3. The second-order valence-corrected chi connectivity index (χ2v) is 32.8. The number of aromatic nitrogens is 4. The monoisotopic (exact) mass is 1780 g/mol. The van der Waals surface area contributed by atoms with E-state index in [2.05, 4.69) is 89.1 Å². The molecule has 126 heavy (non-hydrogen) atoms. The lowest BCUT2D eigenvalue weighted by Crippen LogP contribution is -2.60. The van der Waals surface area contributed by atoms with E-state index < -0.39 is 169 Å². The molecule has 38 nitrogen and oxygen atoms in total. The number of imidazole rings is 1. The van der Waals surface area contributed by atoms with Crippen LogP contribution in [0, 0.1) is 0 Å². The zero-order valence-electron chi connectivity index (χ0n) is 71.0. The van der Waals surface area contributed by atoms with Crippen LogP contribution in [0.4, 0.5) is 0 Å². The summed E-state index contributed by atoms with van der Waals surface area (Å²) in [7, 11) is 0. The lowest BCUT2D eigenvalue weighted by molar-refractivity contribution is -0.142. The number of hydrogen-bond acceptors (Lipinski definition) is 22. The molecule has 1 aliphatic rings. The standard InChI is InChI=1S/C86H118N22O16S2/c1-51(99-82(120)68(41-54-44-93-61-21-9-7-19-58(54)61)106-85(123)71-25-16-36-108(71)86(124)70(43-56-46-91-50-98-56)107-84(122)69(42-55-45-94-62-22-10-8-20-59(55)62)104-78(116)60(89)39-52-17-5-4-6-18-52)77(115)101-65(31-37-125-2)80(118)103-66(32-38-126-3)81(119)105-67(40-53-27-29-57(109)30-28-53)83(121)102-64(24-11-13-33-87)79(117)97-48-74(112)95-47-73(111)96-49-75(113)100-63(76(90)114)23-12-14-35-92-72(110)26-15-34-88/h4-10,17-22,27-30,44-46,50-51,60,63-71,93-94,109H,11-16,23-26,31-43,47-49,87-89H2,1-3H3,(H2,90,114)(H,91,98)(H,92,110)(H,95,112)(H,96,111)(H,97,117)(H,99,120)(H,100,113)(H,101,115)(H,102,121)(H,103,118)(H,104,116)(H,105,119)(H,106,123)(H,107,122)/t51-,60-,63+,64-,65-,66?,67-,68-,69?,70-,71-/m1/s1. The first-order valence-electron chi connectivity index (χ1n) is 42.1. The number of likely N-dealkylation sites (tertiary alicyclic amines) is 1. The smallest absolute Gasteiger partial charge is 0.246 e. The number of amides is 15. The van der Waals surface area contributed by atoms with Gasteiger partial charge >= 0.3 is 0 Å². The molecule has 40 heteroatoms. The maximum absolute atomic E-state index is 15.2. The fourth-order valence-corrected chi connectivity index (χ4v) is 15.2. The first kappa shape index (κ1) is 99.0. The van der Waals surface area contributed by atoms with Gasteiger partial charge in [0.25, 0.3) is 0 Å². The molecule has 0 bridgehead atoms. The molecular weight excluding hydrogens is 1660 g/mol. The normalized spacial score (nSPS) is 14.8. The second-order valence-electron chi connectivity index (χ2n) is 30.8. The highest BCUT2D eigenvalue weighted by Gasteiger charge is 2.42. The van der Waals surface area contributed by atoms with Gasteiger partial charge in [-0.2, -0.15) is 23.5 Å². The Hall–Kier alpha value is -12.4. The molecule has 1 fully saturated rings. The number of nitrogens with one attached hydrogen (secondary N) is 16. The summed E-state index contributed by atoms with van der Waals surface area (Å²) in [6.45, 7) is 0.493. The number of primary amides is 1. The minimum absolute atomic E-state index is 0.00292. The van der Waals surface area contributed by atoms with Crippen molar-refractivity contribution in [2.24, 2.45) is 22.9 Å². The van der Waals surface area contributed by atoms with Gasteiger partial charge in [0.05, 0.1) is 37.7 Å². The minimum Gasteiger partial charge on any atom is -0.508 e. The molecule has 1 aliphatic heterocycles. The highest BCUT2D eigenvalue weighted by Crippen LogP contribution is 2.25. The van der Waals surface area contributed by atoms with Crippen molar-refractivity contribution in [1.82, 2.24) is 94.0 Å². The Labute approximate surface area is 738 Å². The highest BCUT2D eigenvalue weighted by molar-refractivity contribution is 7.98. The number of thioether (sulfide) groups is 2. The van der Waals surface area contributed by atoms with Crippen LogP contribution in [0.25, 0.3) is 21.8 Å². The van der Waals surface area contributed by atoms with Crippen molar-refractivity contribution in [3.63, 3.8) is 0 Å². The van der Waals surface area contributed by atoms with Crippen LogP contribution in [0.5, 0.6) is 5.75 Å². The Morgan fingerprint density at radius 3 is 1.56 bits per heavy atom. The highest BCUT2D eigenvalue weighted by atomic mass is 32.2. The van der Waals surface area contributed by atoms with Gasteiger partial charge in [-0.25, -0.2) is 4.98 Å². The molecule has 7 aromatic rings. The Morgan fingerprint density at radius 2 is 0.976 bits per heavy atom. The van der Waals surface area contributed by atoms with Gasteiger partial charge in [-0.15, -0.1) is 0 Å². The first-order chi connectivity index (χ1) is 60.6. The van der Waals surface area contributed by atoms with Gasteiger partial charge in [0, 0.05) is 85.6 Å². The summed E-state index contributed by atoms with van der Waals surface area (Å²) >= 11 is 2.70. The molecule has 8 rings (SSSR count). The van der Waals surface area contributed by atoms with E-state index in [1.807, 2.05) is 72.8 Å². The Kier molecular flexibility index (Phi) is 40.7. The average Bonchev–Trinajstić information content (AvgIpc) is 1.67. The predicted octanol–water partition coefficient (Wildman–Crippen LogP) is -1.21. The van der Waals surface area contributed by atoms with Crippen LogP contribution in [0.1, 0.15) is 112 Å². The third-order valence-corrected chi connectivity index (χ3v) is 22.5. The van der Waals surface area contributed by atoms with Crippen LogP contribution in [0.3, 0.4) is 0 Å². The molecule has 0 saturated carbocycles. The molecule has 0 aliphatic carbocycles. The van der Waals surface area contributed by atoms with Crippen LogP contribution in [-0.2, 0) is 104 Å². The van der Waals surface area contributed by atoms with Crippen molar-refractivity contribution in [3.05, 3.63) is 156 Å². The van der Waals surface area contributed by atoms with Crippen molar-refractivity contribution in [2.75, 3.05) is 69.8 Å². The van der Waals surface area contributed by atoms with E-state index in [0.717, 1.165) is 27.4 Å². The number of aromatic hydroxyl groups is 1. The molecular formula is C86H118N22O16S2. The SMILES string of the molecule is CSCCC(NC(=O)[C@@H](CCSC)NC(=O)[C@@H](C)NC(=O)[C@@H](Cc1c[nH]c2ccccc12)NC(=O)[C@H]1CCCN1C(=O)[C@@H](Cc1c[nH]cn1)NC(=O)C(Cc1c[nH]c2ccccc12)NC(=O)[C@H](N)Cc1ccccc1)C(=O)N[C@H](Cc1ccc(O)cc1)C(=O)N[C@H](CCCCN)C(=O)NCC(=O)NCC(=O)NCC(=O)N[C@@H](CCCCNC(=O)CCCN)C(N)=O. The molecule has 4 heterocycles. The summed E-state index contributed by atoms with van der Waals surface area (Å²) in [6.07, 6.45) is 12.8. The molecule has 3 aromatic heterocycles. The number of benzene rings is 4. The van der Waals surface area contributed by atoms with Crippen LogP contribution in [0.2, 0.25) is 0 Å². The van der Waals surface area contributed by atoms with Gasteiger partial charge in [0.1, 0.15) is 66.2 Å². The van der Waals surface area contributed by atoms with Crippen molar-refractivity contribution in [3.8, 4) is 5.75 Å². The summed E-state index contributed by atoms with van der Waals surface area (Å²) in [5, 5.41) is 46.3. The lowest BCUT2D eigenvalue weighted by Gasteiger charge is -2.31. The summed E-state index contributed by atoms with van der Waals surface area (Å²) in [4.78, 5) is 224. The second kappa shape index (κ2) is 51.8. The first-order valence-corrected chi connectivity index (χ1v) is 44.9. The number of phenolic OH excluding ortho intramolecular Hbond substituents is 1. The van der Waals surface area contributed by atoms with E-state index in [1.165, 1.54) is 65.9 Å². The number of fused-ring (bicyclic) bond motifs is 2. The number of carbonyl (C=O) groups is 15. The number of H-pyrrole nitrogens is 3. The number of hydrogen-bond donors (Lipinski definition) is 21. The summed E-state index contributed by atoms with van der Waals surface area (Å²) in [5.41, 5.74) is 27.7. The summed E-state index contributed by atoms with van der Waals surface area (Å²) < 4.78 is 0. The number of nitrogens with zero attached hydrogens (tertiary/aromatic N) is 2. The third-order valence-electron chi connectivity index (χ3n) is 21.2. The zero-order chi connectivity index (χ0) is 91.0. The van der Waals surface area contributed by atoms with Crippen molar-refractivity contribution >= 4 is 134 Å². The fourth-order valence-electron chi connectivity index (χ4n) is 14.3. The molecule has 15 amide bonds. The predicted molar refractivity (Wildman–Crippen MR) is 476 cm³/mol. The van der Waals surface area contributed by atoms with E-state index >= 15 is 9.59 Å². The minimum atomic E-state index is -1.46. The quantitative estimate of drug-likeness (QED) is 0.0199. The molecule has 2 unspecified atom stereocenters. The van der Waals surface area contributed by atoms with E-state index in [9.17, 15) is 67.4 Å². The van der Waals surface area contributed by atoms with Crippen molar-refractivity contribution < 1.29 is 77.0 Å². The van der Waals surface area contributed by atoms with E-state index in [0.29, 0.717) is 85.5 Å². The maximum atomic E-state index is 15.2. The van der Waals surface area contributed by atoms with Crippen LogP contribution in [-0.4, -0.2) is 255 Å². The molecule has 4 aromatic carbocycles. The largest absolute Gasteiger partial charge is 0.508 e. The zero-order valence-corrected chi connectivity index (χ0v) is 72.6. The van der Waals surface area contributed by atoms with Crippen molar-refractivity contribution in [1.29, 1.82) is 0 Å². The van der Waals surface area contributed by atoms with Gasteiger partial charge < -0.3 is 117 Å². The van der Waals surface area contributed by atoms with Crippen LogP contribution < -0.4 is 92.1 Å². The van der Waals surface area contributed by atoms with Crippen molar-refractivity contribution in [2.45, 2.75) is 183 Å². The number of carbonyl (C=O) groups excluding carboxylic acids is 15. The molecule has 0 spiro atoms. The Morgan fingerprint density at radius 1 is 0.476 bits per heavy atom. The van der Waals surface area contributed by atoms with E-state index in [-0.39, 0.29) is 95.4 Å². The fraction of sp³-hybridized carbons (Fsp3) is 0.465. The van der Waals surface area contributed by atoms with Crippen LogP contribution in [0.15, 0.2) is 128 Å². The number of phenols is 1. The molecule has 0 radical (unpaired) electrons. The van der Waals surface area contributed by atoms with Gasteiger partial charge in [0.15, 0.2) is 0 Å². The van der Waals surface area contributed by atoms with E-state index in [1.54, 1.807) is 37.2 Å². The Balaban J connectivity index is 0.914. The lowest BCUT2D eigenvalue weighted by atomic mass is 10.0. The average molecular weight is 1780 g/mol. The number of unbranched alkanes of at least 4 members (excludes halogenated alkanes) is 2. The van der Waals surface area contributed by atoms with E-state index in [4.69, 9.17) is 22.9 Å². The molecule has 1 saturated heterocycles. The van der Waals surface area contributed by atoms with Gasteiger partial charge in [-0.3, -0.25) is 71.9 Å². The number of rotatable bonds is 54. The summed E-state index contributed by atoms with van der Waals surface area (Å²) in [6, 6.07) is 15.5. The van der Waals surface area contributed by atoms with Gasteiger partial charge in [-0.05, 0) is 168 Å². The third kappa shape index (κ3) is 32.0. The summed E-state index contributed by atoms with van der Waals surface area (Å²) in [5.74, 6) is -10.5. The maximum Gasteiger partial charge on any atom is 0.246 e. The van der Waals surface area contributed by atoms with Gasteiger partial charge in [-0.1, -0.05) is 78.9 Å². The molecule has 11 atom stereocenters. The topological polar surface area (TPSA) is 600 Å². The Bertz CT molecular complexity index is 4810. The number of nitrogens with two attached hydrogens (primary N) is 4.